The van der Waals surface area contributed by atoms with Gasteiger partial charge in [-0.25, -0.2) is 0 Å². The number of nitrogens with zero attached hydrogens (tertiary/aromatic N) is 1. The second kappa shape index (κ2) is 11.2. The van der Waals surface area contributed by atoms with Crippen LogP contribution in [0.1, 0.15) is 67.7 Å². The predicted octanol–water partition coefficient (Wildman–Crippen LogP) is 7.40. The van der Waals surface area contributed by atoms with E-state index in [9.17, 15) is 0 Å². The highest BCUT2D eigenvalue weighted by Crippen LogP contribution is 2.28. The Hall–Kier alpha value is -2.74. The molecule has 1 saturated heterocycles. The Kier molecular flexibility index (Phi) is 7.87. The molecule has 1 unspecified atom stereocenters. The molecule has 3 aromatic carbocycles. The number of unbranched alkanes of at least 4 members (excludes halogenated alkanes) is 1. The summed E-state index contributed by atoms with van der Waals surface area (Å²) in [6.07, 6.45) is 7.05. The lowest BCUT2D eigenvalue weighted by molar-refractivity contribution is 0.309. The molecule has 0 amide bonds. The zero-order valence-corrected chi connectivity index (χ0v) is 19.7. The summed E-state index contributed by atoms with van der Waals surface area (Å²) in [6, 6.07) is 27.0. The minimum Gasteiger partial charge on any atom is -0.494 e. The van der Waals surface area contributed by atoms with E-state index in [0.717, 1.165) is 31.6 Å². The van der Waals surface area contributed by atoms with E-state index in [-0.39, 0.29) is 0 Å². The molecule has 0 spiro atoms. The molecule has 2 nitrogen and oxygen atoms in total. The van der Waals surface area contributed by atoms with E-state index in [1.54, 1.807) is 0 Å². The maximum atomic E-state index is 5.77. The second-order valence-corrected chi connectivity index (χ2v) is 9.09. The summed E-state index contributed by atoms with van der Waals surface area (Å²) >= 11 is 0. The molecule has 0 bridgehead atoms. The first kappa shape index (κ1) is 22.5. The Morgan fingerprint density at radius 3 is 1.84 bits per heavy atom. The molecule has 4 rings (SSSR count). The van der Waals surface area contributed by atoms with Gasteiger partial charge in [0, 0.05) is 24.7 Å². The van der Waals surface area contributed by atoms with Crippen LogP contribution in [0.2, 0.25) is 0 Å². The molecular formula is C30H37NO. The fraction of sp³-hybridized carbons (Fsp3) is 0.400. The summed E-state index contributed by atoms with van der Waals surface area (Å²) in [4.78, 5) is 2.50. The van der Waals surface area contributed by atoms with Gasteiger partial charge in [0.15, 0.2) is 0 Å². The van der Waals surface area contributed by atoms with Gasteiger partial charge in [-0.05, 0) is 78.6 Å². The van der Waals surface area contributed by atoms with Crippen LogP contribution in [0.25, 0.3) is 0 Å². The number of anilines is 1. The second-order valence-electron chi connectivity index (χ2n) is 9.09. The Labute approximate surface area is 194 Å². The van der Waals surface area contributed by atoms with Crippen molar-refractivity contribution in [3.63, 3.8) is 0 Å². The fourth-order valence-electron chi connectivity index (χ4n) is 4.49. The van der Waals surface area contributed by atoms with Gasteiger partial charge in [-0.1, -0.05) is 68.8 Å². The minimum absolute atomic E-state index is 0.414. The van der Waals surface area contributed by atoms with Gasteiger partial charge in [-0.3, -0.25) is 0 Å². The average molecular weight is 428 g/mol. The topological polar surface area (TPSA) is 12.5 Å². The van der Waals surface area contributed by atoms with Crippen molar-refractivity contribution in [1.29, 1.82) is 0 Å². The fourth-order valence-corrected chi connectivity index (χ4v) is 4.49. The lowest BCUT2D eigenvalue weighted by atomic mass is 9.92. The number of hydrogen-bond donors (Lipinski definition) is 0. The molecule has 3 aromatic rings. The monoisotopic (exact) mass is 427 g/mol. The van der Waals surface area contributed by atoms with Gasteiger partial charge < -0.3 is 9.64 Å². The minimum atomic E-state index is 0.414. The molecule has 2 heteroatoms. The van der Waals surface area contributed by atoms with Crippen LogP contribution in [0.4, 0.5) is 5.69 Å². The molecule has 168 valence electrons. The van der Waals surface area contributed by atoms with E-state index < -0.39 is 0 Å². The van der Waals surface area contributed by atoms with E-state index in [4.69, 9.17) is 4.74 Å². The molecule has 1 fully saturated rings. The van der Waals surface area contributed by atoms with Crippen molar-refractivity contribution in [2.24, 2.45) is 0 Å². The van der Waals surface area contributed by atoms with Crippen molar-refractivity contribution < 1.29 is 4.74 Å². The van der Waals surface area contributed by atoms with E-state index in [2.05, 4.69) is 91.5 Å². The zero-order valence-electron chi connectivity index (χ0n) is 19.7. The summed E-state index contributed by atoms with van der Waals surface area (Å²) < 4.78 is 5.77. The highest BCUT2D eigenvalue weighted by atomic mass is 16.5. The quantitative estimate of drug-likeness (QED) is 0.312. The molecule has 32 heavy (non-hydrogen) atoms. The van der Waals surface area contributed by atoms with E-state index in [1.807, 2.05) is 0 Å². The van der Waals surface area contributed by atoms with Crippen molar-refractivity contribution in [2.45, 2.75) is 58.3 Å². The number of aryl methyl sites for hydroxylation is 2. The highest BCUT2D eigenvalue weighted by Gasteiger charge is 2.13. The van der Waals surface area contributed by atoms with E-state index in [1.165, 1.54) is 60.3 Å². The highest BCUT2D eigenvalue weighted by molar-refractivity contribution is 5.49. The first-order valence-electron chi connectivity index (χ1n) is 12.4. The standard InChI is InChI=1S/C30H37NO/c1-3-4-23-32-30-19-11-26(12-20-30)8-7-25-9-13-27(14-10-25)24(2)28-15-17-29(18-16-28)31-21-5-6-22-31/h9-20,24H,3-8,21-23H2,1-2H3. The van der Waals surface area contributed by atoms with Crippen LogP contribution in [0.15, 0.2) is 72.8 Å². The normalized spacial score (nSPS) is 14.5. The van der Waals surface area contributed by atoms with Gasteiger partial charge in [0.05, 0.1) is 6.61 Å². The molecule has 0 radical (unpaired) electrons. The Balaban J connectivity index is 1.29. The molecular weight excluding hydrogens is 390 g/mol. The van der Waals surface area contributed by atoms with Crippen molar-refractivity contribution in [1.82, 2.24) is 0 Å². The molecule has 0 saturated carbocycles. The summed E-state index contributed by atoms with van der Waals surface area (Å²) in [5, 5.41) is 0. The Bertz CT molecular complexity index is 938. The average Bonchev–Trinajstić information content (AvgIpc) is 3.39. The van der Waals surface area contributed by atoms with Crippen molar-refractivity contribution >= 4 is 5.69 Å². The molecule has 0 aromatic heterocycles. The van der Waals surface area contributed by atoms with Crippen molar-refractivity contribution in [3.8, 4) is 5.75 Å². The summed E-state index contributed by atoms with van der Waals surface area (Å²) in [5.74, 6) is 1.39. The maximum absolute atomic E-state index is 5.77. The van der Waals surface area contributed by atoms with Crippen molar-refractivity contribution in [3.05, 3.63) is 95.1 Å². The van der Waals surface area contributed by atoms with Crippen LogP contribution < -0.4 is 9.64 Å². The molecule has 0 N–H and O–H groups in total. The Morgan fingerprint density at radius 2 is 1.28 bits per heavy atom. The summed E-state index contributed by atoms with van der Waals surface area (Å²) in [6.45, 7) is 7.71. The third kappa shape index (κ3) is 5.94. The van der Waals surface area contributed by atoms with Gasteiger partial charge in [-0.2, -0.15) is 0 Å². The molecule has 1 atom stereocenters. The first-order valence-corrected chi connectivity index (χ1v) is 12.4. The van der Waals surface area contributed by atoms with Crippen LogP contribution in [0.3, 0.4) is 0 Å². The molecule has 1 aliphatic rings. The molecule has 1 aliphatic heterocycles. The van der Waals surface area contributed by atoms with Crippen LogP contribution >= 0.6 is 0 Å². The van der Waals surface area contributed by atoms with Crippen LogP contribution in [-0.2, 0) is 12.8 Å². The third-order valence-electron chi connectivity index (χ3n) is 6.74. The SMILES string of the molecule is CCCCOc1ccc(CCc2ccc(C(C)c3ccc(N4CCCC4)cc3)cc2)cc1. The lowest BCUT2D eigenvalue weighted by Gasteiger charge is -2.19. The summed E-state index contributed by atoms with van der Waals surface area (Å²) in [7, 11) is 0. The number of hydrogen-bond acceptors (Lipinski definition) is 2. The first-order chi connectivity index (χ1) is 15.7. The Morgan fingerprint density at radius 1 is 0.750 bits per heavy atom. The summed E-state index contributed by atoms with van der Waals surface area (Å²) in [5.41, 5.74) is 6.91. The van der Waals surface area contributed by atoms with Gasteiger partial charge in [0.2, 0.25) is 0 Å². The van der Waals surface area contributed by atoms with Gasteiger partial charge in [0.1, 0.15) is 5.75 Å². The van der Waals surface area contributed by atoms with Gasteiger partial charge in [0.25, 0.3) is 0 Å². The van der Waals surface area contributed by atoms with Crippen LogP contribution in [0, 0.1) is 0 Å². The zero-order chi connectivity index (χ0) is 22.2. The predicted molar refractivity (Wildman–Crippen MR) is 136 cm³/mol. The smallest absolute Gasteiger partial charge is 0.119 e. The van der Waals surface area contributed by atoms with Crippen LogP contribution in [-0.4, -0.2) is 19.7 Å². The number of ether oxygens (including phenoxy) is 1. The van der Waals surface area contributed by atoms with Gasteiger partial charge >= 0.3 is 0 Å². The van der Waals surface area contributed by atoms with E-state index >= 15 is 0 Å². The largest absolute Gasteiger partial charge is 0.494 e. The van der Waals surface area contributed by atoms with Crippen molar-refractivity contribution in [2.75, 3.05) is 24.6 Å². The molecule has 0 aliphatic carbocycles. The lowest BCUT2D eigenvalue weighted by Crippen LogP contribution is -2.17. The number of benzene rings is 3. The molecule has 1 heterocycles. The van der Waals surface area contributed by atoms with E-state index in [0.29, 0.717) is 5.92 Å². The third-order valence-corrected chi connectivity index (χ3v) is 6.74. The van der Waals surface area contributed by atoms with Gasteiger partial charge in [-0.15, -0.1) is 0 Å². The maximum Gasteiger partial charge on any atom is 0.119 e. The van der Waals surface area contributed by atoms with Crippen LogP contribution in [0.5, 0.6) is 5.75 Å². The number of rotatable bonds is 10.